The molecule has 0 bridgehead atoms. The summed E-state index contributed by atoms with van der Waals surface area (Å²) in [5, 5.41) is 19.0. The number of fused-ring (bicyclic) bond motifs is 1. The number of nitrogens with zero attached hydrogens (tertiary/aromatic N) is 6. The maximum absolute atomic E-state index is 15.7. The van der Waals surface area contributed by atoms with E-state index in [2.05, 4.69) is 15.4 Å². The molecular weight excluding hydrogens is 641 g/mol. The first-order valence-corrected chi connectivity index (χ1v) is 17.1. The van der Waals surface area contributed by atoms with E-state index in [4.69, 9.17) is 14.5 Å². The van der Waals surface area contributed by atoms with Crippen LogP contribution in [0.25, 0.3) is 16.9 Å². The number of aliphatic hydroxyl groups excluding tert-OH is 1. The number of carbonyl (C=O) groups is 2. The van der Waals surface area contributed by atoms with Gasteiger partial charge < -0.3 is 24.8 Å². The average molecular weight is 688 g/mol. The molecule has 6 rings (SSSR count). The van der Waals surface area contributed by atoms with Gasteiger partial charge in [0.05, 0.1) is 31.1 Å². The van der Waals surface area contributed by atoms with Crippen molar-refractivity contribution < 1.29 is 28.6 Å². The summed E-state index contributed by atoms with van der Waals surface area (Å²) in [6, 6.07) is 12.0. The monoisotopic (exact) mass is 687 g/mol. The fourth-order valence-electron chi connectivity index (χ4n) is 5.97. The number of nitrogens with one attached hydrogen (secondary N) is 1. The molecule has 1 aromatic carbocycles. The zero-order valence-corrected chi connectivity index (χ0v) is 29.5. The summed E-state index contributed by atoms with van der Waals surface area (Å²) in [7, 11) is 0. The maximum atomic E-state index is 15.7. The van der Waals surface area contributed by atoms with Crippen molar-refractivity contribution in [3.63, 3.8) is 0 Å². The molecule has 12 nitrogen and oxygen atoms in total. The highest BCUT2D eigenvalue weighted by molar-refractivity contribution is 5.88. The van der Waals surface area contributed by atoms with Gasteiger partial charge in [-0.05, 0) is 84.9 Å². The minimum Gasteiger partial charge on any atom is -0.444 e. The van der Waals surface area contributed by atoms with Crippen molar-refractivity contribution >= 4 is 29.5 Å². The number of β-amino-alcohol motifs (C(OH)–C–C–N with tert-alkyl or cyclic N) is 1. The molecular formula is C37H46FN7O5. The van der Waals surface area contributed by atoms with Gasteiger partial charge in [-0.1, -0.05) is 18.2 Å². The van der Waals surface area contributed by atoms with Gasteiger partial charge in [0.2, 0.25) is 0 Å². The Morgan fingerprint density at radius 1 is 1.04 bits per heavy atom. The van der Waals surface area contributed by atoms with E-state index < -0.39 is 35.3 Å². The first-order valence-electron chi connectivity index (χ1n) is 17.1. The number of amides is 2. The summed E-state index contributed by atoms with van der Waals surface area (Å²) in [5.74, 6) is 0.477. The van der Waals surface area contributed by atoms with E-state index in [-0.39, 0.29) is 24.6 Å². The molecule has 13 heteroatoms. The summed E-state index contributed by atoms with van der Waals surface area (Å²) in [5.41, 5.74) is 1.65. The van der Waals surface area contributed by atoms with Crippen LogP contribution in [0.1, 0.15) is 77.8 Å². The van der Waals surface area contributed by atoms with Crippen molar-refractivity contribution in [2.75, 3.05) is 29.9 Å². The Morgan fingerprint density at radius 2 is 1.80 bits per heavy atom. The Kier molecular flexibility index (Phi) is 9.71. The Balaban J connectivity index is 1.29. The minimum absolute atomic E-state index is 0.137. The summed E-state index contributed by atoms with van der Waals surface area (Å²) in [6.07, 6.45) is 4.12. The lowest BCUT2D eigenvalue weighted by atomic mass is 9.94. The third-order valence-electron chi connectivity index (χ3n) is 8.65. The molecule has 4 aromatic rings. The first-order chi connectivity index (χ1) is 23.6. The summed E-state index contributed by atoms with van der Waals surface area (Å²) in [6.45, 7) is 11.6. The number of halogens is 1. The number of carbonyl (C=O) groups excluding carboxylic acids is 2. The third kappa shape index (κ3) is 8.32. The fourth-order valence-corrected chi connectivity index (χ4v) is 5.97. The zero-order chi connectivity index (χ0) is 35.8. The SMILES string of the molecule is CC(C)(C)OC(=O)N1CC[C@H](CNc2cc(N(Cc3ccc(-c4ccccn4)cc3F)C(=O)OC(C)(C)C)n3ncc(C4CC4)c3n2)[C@@H](O)C1. The van der Waals surface area contributed by atoms with E-state index in [9.17, 15) is 14.7 Å². The molecule has 2 N–H and O–H groups in total. The maximum Gasteiger partial charge on any atom is 0.416 e. The van der Waals surface area contributed by atoms with E-state index in [1.807, 2.05) is 32.9 Å². The number of benzene rings is 1. The topological polar surface area (TPSA) is 134 Å². The van der Waals surface area contributed by atoms with Crippen LogP contribution in [-0.2, 0) is 16.0 Å². The van der Waals surface area contributed by atoms with Crippen molar-refractivity contribution in [2.24, 2.45) is 5.92 Å². The number of pyridine rings is 1. The lowest BCUT2D eigenvalue weighted by molar-refractivity contribution is -0.0104. The summed E-state index contributed by atoms with van der Waals surface area (Å²) < 4.78 is 28.7. The molecule has 1 aliphatic heterocycles. The van der Waals surface area contributed by atoms with Gasteiger partial charge in [-0.2, -0.15) is 9.61 Å². The third-order valence-corrected chi connectivity index (χ3v) is 8.65. The fraction of sp³-hybridized carbons (Fsp3) is 0.486. The van der Waals surface area contributed by atoms with Gasteiger partial charge in [-0.15, -0.1) is 0 Å². The van der Waals surface area contributed by atoms with Gasteiger partial charge in [-0.3, -0.25) is 9.88 Å². The van der Waals surface area contributed by atoms with E-state index >= 15 is 4.39 Å². The number of aromatic nitrogens is 4. The number of hydrogen-bond acceptors (Lipinski definition) is 9. The van der Waals surface area contributed by atoms with Crippen LogP contribution in [0.5, 0.6) is 0 Å². The van der Waals surface area contributed by atoms with Gasteiger partial charge in [0.1, 0.15) is 28.7 Å². The van der Waals surface area contributed by atoms with E-state index in [1.54, 1.807) is 61.9 Å². The van der Waals surface area contributed by atoms with E-state index in [1.165, 1.54) is 15.9 Å². The predicted molar refractivity (Wildman–Crippen MR) is 187 cm³/mol. The summed E-state index contributed by atoms with van der Waals surface area (Å²) >= 11 is 0. The van der Waals surface area contributed by atoms with Crippen LogP contribution in [0.15, 0.2) is 54.9 Å². The zero-order valence-electron chi connectivity index (χ0n) is 29.5. The van der Waals surface area contributed by atoms with Gasteiger partial charge in [0.15, 0.2) is 5.65 Å². The molecule has 0 unspecified atom stereocenters. The molecule has 1 saturated heterocycles. The van der Waals surface area contributed by atoms with Gasteiger partial charge in [-0.25, -0.2) is 19.0 Å². The Morgan fingerprint density at radius 3 is 2.44 bits per heavy atom. The highest BCUT2D eigenvalue weighted by Crippen LogP contribution is 2.42. The quantitative estimate of drug-likeness (QED) is 0.206. The Bertz CT molecular complexity index is 1850. The van der Waals surface area contributed by atoms with Crippen LogP contribution in [-0.4, -0.2) is 78.7 Å². The molecule has 4 heterocycles. The second kappa shape index (κ2) is 13.9. The van der Waals surface area contributed by atoms with Crippen LogP contribution < -0.4 is 10.2 Å². The number of likely N-dealkylation sites (tertiary alicyclic amines) is 1. The summed E-state index contributed by atoms with van der Waals surface area (Å²) in [4.78, 5) is 38.6. The first kappa shape index (κ1) is 35.1. The van der Waals surface area contributed by atoms with Crippen molar-refractivity contribution in [2.45, 2.75) is 90.6 Å². The number of ether oxygens (including phenoxy) is 2. The smallest absolute Gasteiger partial charge is 0.416 e. The molecule has 1 aliphatic carbocycles. The van der Waals surface area contributed by atoms with Gasteiger partial charge in [0, 0.05) is 48.0 Å². The average Bonchev–Trinajstić information content (AvgIpc) is 3.80. The number of rotatable bonds is 8. The van der Waals surface area contributed by atoms with Crippen LogP contribution in [0, 0.1) is 11.7 Å². The lowest BCUT2D eigenvalue weighted by Gasteiger charge is -2.36. The highest BCUT2D eigenvalue weighted by atomic mass is 19.1. The normalized spacial score (nSPS) is 18.2. The molecule has 1 saturated carbocycles. The van der Waals surface area contributed by atoms with Crippen molar-refractivity contribution in [1.29, 1.82) is 0 Å². The van der Waals surface area contributed by atoms with Crippen LogP contribution >= 0.6 is 0 Å². The predicted octanol–water partition coefficient (Wildman–Crippen LogP) is 6.78. The van der Waals surface area contributed by atoms with Crippen molar-refractivity contribution in [3.05, 3.63) is 71.8 Å². The molecule has 50 heavy (non-hydrogen) atoms. The van der Waals surface area contributed by atoms with Crippen molar-refractivity contribution in [3.8, 4) is 11.3 Å². The Labute approximate surface area is 291 Å². The van der Waals surface area contributed by atoms with Gasteiger partial charge >= 0.3 is 12.2 Å². The highest BCUT2D eigenvalue weighted by Gasteiger charge is 2.34. The molecule has 2 atom stereocenters. The van der Waals surface area contributed by atoms with Crippen LogP contribution in [0.3, 0.4) is 0 Å². The number of hydrogen-bond donors (Lipinski definition) is 2. The molecule has 3 aromatic heterocycles. The minimum atomic E-state index is -0.822. The van der Waals surface area contributed by atoms with E-state index in [0.717, 1.165) is 18.4 Å². The largest absolute Gasteiger partial charge is 0.444 e. The molecule has 0 spiro atoms. The lowest BCUT2D eigenvalue weighted by Crippen LogP contribution is -2.49. The standard InChI is InChI=1S/C37H46FN7O5/c1-36(2,3)49-34(47)43-16-14-25(30(46)22-43)19-40-31-18-32(45-33(42-31)27(20-41-45)23-10-11-23)44(35(48)50-37(4,5)6)21-26-13-12-24(17-28(26)38)29-9-7-8-15-39-29/h7-9,12-13,15,17-18,20,23,25,30,46H,10-11,14,16,19,21-22H2,1-6H3,(H,40,42)/t25-,30+/m1/s1. The Hall–Kier alpha value is -4.78. The second-order valence-corrected chi connectivity index (χ2v) is 15.1. The van der Waals surface area contributed by atoms with Crippen molar-refractivity contribution in [1.82, 2.24) is 24.5 Å². The van der Waals surface area contributed by atoms with Gasteiger partial charge in [0.25, 0.3) is 0 Å². The number of piperidine rings is 1. The molecule has 266 valence electrons. The second-order valence-electron chi connectivity index (χ2n) is 15.1. The number of anilines is 2. The van der Waals surface area contributed by atoms with Crippen LogP contribution in [0.4, 0.5) is 25.6 Å². The molecule has 0 radical (unpaired) electrons. The molecule has 2 amide bonds. The van der Waals surface area contributed by atoms with E-state index in [0.29, 0.717) is 54.0 Å². The molecule has 2 fully saturated rings. The number of aliphatic hydroxyl groups is 1. The van der Waals surface area contributed by atoms with Crippen LogP contribution in [0.2, 0.25) is 0 Å². The molecule has 2 aliphatic rings.